The summed E-state index contributed by atoms with van der Waals surface area (Å²) in [4.78, 5) is 11.6. The van der Waals surface area contributed by atoms with Gasteiger partial charge in [0.05, 0.1) is 25.4 Å². The van der Waals surface area contributed by atoms with E-state index in [1.165, 1.54) is 24.8 Å². The summed E-state index contributed by atoms with van der Waals surface area (Å²) in [7, 11) is 0. The Hall–Kier alpha value is -1.43. The Morgan fingerprint density at radius 3 is 2.57 bits per heavy atom. The lowest BCUT2D eigenvalue weighted by atomic mass is 9.77. The van der Waals surface area contributed by atoms with Crippen LogP contribution in [0.1, 0.15) is 64.4 Å². The van der Waals surface area contributed by atoms with E-state index in [2.05, 4.69) is 12.1 Å². The highest BCUT2D eigenvalue weighted by atomic mass is 16.5. The summed E-state index contributed by atoms with van der Waals surface area (Å²) in [5, 5.41) is 8.82. The molecule has 156 valence electrons. The standard InChI is InChI=1S/C23H35NO4/c1-23(2,22(25)24-26)14-8-4-7-11-18-19(21-13-12-20(18)28-21)16-27-15-17-9-5-3-6-10-17/h3,5-6,9-10,18-21,26H,4,7-8,11-16H2,1-2H3,(H,24,25). The first kappa shape index (κ1) is 21.3. The number of amides is 1. The zero-order valence-corrected chi connectivity index (χ0v) is 17.2. The molecule has 2 N–H and O–H groups in total. The van der Waals surface area contributed by atoms with Crippen LogP contribution in [-0.2, 0) is 20.9 Å². The highest BCUT2D eigenvalue weighted by Crippen LogP contribution is 2.46. The Bertz CT molecular complexity index is 618. The minimum Gasteiger partial charge on any atom is -0.376 e. The van der Waals surface area contributed by atoms with Crippen molar-refractivity contribution in [3.05, 3.63) is 35.9 Å². The van der Waals surface area contributed by atoms with E-state index >= 15 is 0 Å². The van der Waals surface area contributed by atoms with Crippen LogP contribution in [0.4, 0.5) is 0 Å². The molecule has 2 aliphatic rings. The number of nitrogens with one attached hydrogen (secondary N) is 1. The molecule has 0 radical (unpaired) electrons. The van der Waals surface area contributed by atoms with E-state index in [1.54, 1.807) is 5.48 Å². The number of ether oxygens (including phenoxy) is 2. The third-order valence-corrected chi connectivity index (χ3v) is 6.57. The summed E-state index contributed by atoms with van der Waals surface area (Å²) in [6.07, 6.45) is 8.36. The first-order valence-corrected chi connectivity index (χ1v) is 10.7. The molecule has 0 aliphatic carbocycles. The average molecular weight is 390 g/mol. The maximum atomic E-state index is 11.6. The van der Waals surface area contributed by atoms with Crippen LogP contribution in [0.3, 0.4) is 0 Å². The predicted octanol–water partition coefficient (Wildman–Crippen LogP) is 4.48. The van der Waals surface area contributed by atoms with Crippen LogP contribution < -0.4 is 5.48 Å². The van der Waals surface area contributed by atoms with Gasteiger partial charge in [0.1, 0.15) is 0 Å². The van der Waals surface area contributed by atoms with Crippen molar-refractivity contribution in [1.82, 2.24) is 5.48 Å². The molecule has 4 unspecified atom stereocenters. The second-order valence-electron chi connectivity index (χ2n) is 9.04. The van der Waals surface area contributed by atoms with E-state index in [-0.39, 0.29) is 5.91 Å². The number of hydrogen-bond donors (Lipinski definition) is 2. The van der Waals surface area contributed by atoms with E-state index in [4.69, 9.17) is 14.7 Å². The molecule has 5 nitrogen and oxygen atoms in total. The first-order chi connectivity index (χ1) is 13.5. The van der Waals surface area contributed by atoms with Crippen molar-refractivity contribution < 1.29 is 19.5 Å². The summed E-state index contributed by atoms with van der Waals surface area (Å²) >= 11 is 0. The van der Waals surface area contributed by atoms with Crippen molar-refractivity contribution in [2.24, 2.45) is 17.3 Å². The average Bonchev–Trinajstić information content (AvgIpc) is 3.30. The van der Waals surface area contributed by atoms with Crippen LogP contribution in [0.25, 0.3) is 0 Å². The van der Waals surface area contributed by atoms with Crippen molar-refractivity contribution in [2.45, 2.75) is 77.6 Å². The summed E-state index contributed by atoms with van der Waals surface area (Å²) in [5.41, 5.74) is 2.48. The van der Waals surface area contributed by atoms with Gasteiger partial charge in [-0.05, 0) is 37.2 Å². The number of carbonyl (C=O) groups excluding carboxylic acids is 1. The highest BCUT2D eigenvalue weighted by molar-refractivity contribution is 5.80. The zero-order valence-electron chi connectivity index (χ0n) is 17.2. The minimum atomic E-state index is -0.516. The smallest absolute Gasteiger partial charge is 0.248 e. The summed E-state index contributed by atoms with van der Waals surface area (Å²) in [6, 6.07) is 10.3. The predicted molar refractivity (Wildman–Crippen MR) is 108 cm³/mol. The van der Waals surface area contributed by atoms with Crippen LogP contribution in [-0.4, -0.2) is 29.9 Å². The number of rotatable bonds is 11. The van der Waals surface area contributed by atoms with Crippen molar-refractivity contribution in [3.63, 3.8) is 0 Å². The molecule has 2 fully saturated rings. The summed E-state index contributed by atoms with van der Waals surface area (Å²) in [5.74, 6) is 0.812. The Kier molecular flexibility index (Phi) is 7.49. The monoisotopic (exact) mass is 389 g/mol. The van der Waals surface area contributed by atoms with E-state index in [0.717, 1.165) is 32.3 Å². The van der Waals surface area contributed by atoms with Crippen LogP contribution in [0.15, 0.2) is 30.3 Å². The van der Waals surface area contributed by atoms with Crippen molar-refractivity contribution in [2.75, 3.05) is 6.61 Å². The highest BCUT2D eigenvalue weighted by Gasteiger charge is 2.48. The number of hydroxylamine groups is 1. The van der Waals surface area contributed by atoms with E-state index in [1.807, 2.05) is 32.0 Å². The molecule has 1 aromatic rings. The van der Waals surface area contributed by atoms with Gasteiger partial charge in [-0.15, -0.1) is 0 Å². The van der Waals surface area contributed by atoms with Gasteiger partial charge in [0.25, 0.3) is 0 Å². The topological polar surface area (TPSA) is 67.8 Å². The molecule has 4 atom stereocenters. The van der Waals surface area contributed by atoms with Gasteiger partial charge in [0.2, 0.25) is 5.91 Å². The van der Waals surface area contributed by atoms with Gasteiger partial charge >= 0.3 is 0 Å². The van der Waals surface area contributed by atoms with E-state index < -0.39 is 5.41 Å². The molecular formula is C23H35NO4. The molecule has 28 heavy (non-hydrogen) atoms. The lowest BCUT2D eigenvalue weighted by molar-refractivity contribution is -0.138. The van der Waals surface area contributed by atoms with Gasteiger partial charge < -0.3 is 9.47 Å². The Morgan fingerprint density at radius 1 is 1.14 bits per heavy atom. The molecule has 2 bridgehead atoms. The minimum absolute atomic E-state index is 0.301. The number of unbranched alkanes of at least 4 members (excludes halogenated alkanes) is 2. The summed E-state index contributed by atoms with van der Waals surface area (Å²) < 4.78 is 12.2. The number of benzene rings is 1. The molecular weight excluding hydrogens is 354 g/mol. The fourth-order valence-corrected chi connectivity index (χ4v) is 4.78. The first-order valence-electron chi connectivity index (χ1n) is 10.7. The molecule has 2 saturated heterocycles. The van der Waals surface area contributed by atoms with E-state index in [0.29, 0.717) is 30.7 Å². The molecule has 2 heterocycles. The SMILES string of the molecule is CC(C)(CCCCCC1C2CCC(O2)C1COCc1ccccc1)C(=O)NO. The van der Waals surface area contributed by atoms with Crippen LogP contribution in [0.2, 0.25) is 0 Å². The van der Waals surface area contributed by atoms with Crippen LogP contribution in [0.5, 0.6) is 0 Å². The van der Waals surface area contributed by atoms with Gasteiger partial charge in [-0.1, -0.05) is 63.4 Å². The second kappa shape index (κ2) is 9.86. The third-order valence-electron chi connectivity index (χ3n) is 6.57. The van der Waals surface area contributed by atoms with Crippen molar-refractivity contribution in [3.8, 4) is 0 Å². The van der Waals surface area contributed by atoms with Crippen molar-refractivity contribution >= 4 is 5.91 Å². The number of fused-ring (bicyclic) bond motifs is 2. The fourth-order valence-electron chi connectivity index (χ4n) is 4.78. The second-order valence-corrected chi connectivity index (χ2v) is 9.04. The zero-order chi connectivity index (χ0) is 20.0. The molecule has 2 aliphatic heterocycles. The van der Waals surface area contributed by atoms with Gasteiger partial charge in [0, 0.05) is 11.3 Å². The van der Waals surface area contributed by atoms with Gasteiger partial charge in [-0.3, -0.25) is 10.0 Å². The molecule has 3 rings (SSSR count). The number of carbonyl (C=O) groups is 1. The quantitative estimate of drug-likeness (QED) is 0.333. The molecule has 0 spiro atoms. The normalized spacial score (nSPS) is 26.5. The maximum absolute atomic E-state index is 11.6. The number of hydrogen-bond acceptors (Lipinski definition) is 4. The maximum Gasteiger partial charge on any atom is 0.248 e. The Labute approximate surface area is 168 Å². The van der Waals surface area contributed by atoms with Gasteiger partial charge in [-0.25, -0.2) is 5.48 Å². The van der Waals surface area contributed by atoms with Gasteiger partial charge in [0.15, 0.2) is 0 Å². The molecule has 1 aromatic carbocycles. The largest absolute Gasteiger partial charge is 0.376 e. The lowest BCUT2D eigenvalue weighted by Crippen LogP contribution is -2.34. The van der Waals surface area contributed by atoms with Crippen LogP contribution in [0, 0.1) is 17.3 Å². The molecule has 0 aromatic heterocycles. The summed E-state index contributed by atoms with van der Waals surface area (Å²) in [6.45, 7) is 5.21. The Balaban J connectivity index is 1.39. The molecule has 0 saturated carbocycles. The van der Waals surface area contributed by atoms with Gasteiger partial charge in [-0.2, -0.15) is 0 Å². The Morgan fingerprint density at radius 2 is 1.86 bits per heavy atom. The lowest BCUT2D eigenvalue weighted by Gasteiger charge is -2.28. The third kappa shape index (κ3) is 5.34. The molecule has 5 heteroatoms. The fraction of sp³-hybridized carbons (Fsp3) is 0.696. The van der Waals surface area contributed by atoms with Crippen molar-refractivity contribution in [1.29, 1.82) is 0 Å². The molecule has 1 amide bonds. The van der Waals surface area contributed by atoms with E-state index in [9.17, 15) is 4.79 Å². The van der Waals surface area contributed by atoms with Crippen LogP contribution >= 0.6 is 0 Å².